The van der Waals surface area contributed by atoms with E-state index >= 15 is 0 Å². The number of nitrogens with zero attached hydrogens (tertiary/aromatic N) is 2. The molecule has 0 unspecified atom stereocenters. The first kappa shape index (κ1) is 16.2. The predicted molar refractivity (Wildman–Crippen MR) is 76.2 cm³/mol. The second kappa shape index (κ2) is 6.54. The molecule has 6 nitrogen and oxygen atoms in total. The van der Waals surface area contributed by atoms with Crippen LogP contribution in [0.15, 0.2) is 10.6 Å². The third kappa shape index (κ3) is 4.68. The number of aryl methyl sites for hydroxylation is 1. The summed E-state index contributed by atoms with van der Waals surface area (Å²) in [6, 6.07) is 1.63. The Hall–Kier alpha value is -1.85. The van der Waals surface area contributed by atoms with Gasteiger partial charge in [0.15, 0.2) is 5.82 Å². The molecule has 1 N–H and O–H groups in total. The zero-order valence-corrected chi connectivity index (χ0v) is 12.8. The van der Waals surface area contributed by atoms with Gasteiger partial charge in [-0.2, -0.15) is 0 Å². The zero-order valence-electron chi connectivity index (χ0n) is 12.8. The fourth-order valence-corrected chi connectivity index (χ4v) is 1.78. The average molecular weight is 281 g/mol. The molecular formula is C14H23N3O3. The molecule has 0 atom stereocenters. The minimum absolute atomic E-state index is 0.0237. The van der Waals surface area contributed by atoms with Crippen molar-refractivity contribution in [3.63, 3.8) is 0 Å². The summed E-state index contributed by atoms with van der Waals surface area (Å²) in [6.07, 6.45) is 0.804. The molecule has 0 bridgehead atoms. The molecule has 0 radical (unpaired) electrons. The summed E-state index contributed by atoms with van der Waals surface area (Å²) in [4.78, 5) is 25.8. The Bertz CT molecular complexity index is 474. The second-order valence-electron chi connectivity index (χ2n) is 5.85. The van der Waals surface area contributed by atoms with Crippen molar-refractivity contribution >= 4 is 17.6 Å². The van der Waals surface area contributed by atoms with E-state index in [1.807, 2.05) is 27.7 Å². The Labute approximate surface area is 119 Å². The van der Waals surface area contributed by atoms with Crippen molar-refractivity contribution in [2.24, 2.45) is 5.41 Å². The summed E-state index contributed by atoms with van der Waals surface area (Å²) >= 11 is 0. The molecule has 0 aliphatic carbocycles. The van der Waals surface area contributed by atoms with Crippen molar-refractivity contribution in [1.82, 2.24) is 10.1 Å². The number of carbonyl (C=O) groups excluding carboxylic acids is 2. The summed E-state index contributed by atoms with van der Waals surface area (Å²) < 4.78 is 4.87. The van der Waals surface area contributed by atoms with E-state index in [0.29, 0.717) is 18.1 Å². The average Bonchev–Trinajstić information content (AvgIpc) is 2.72. The highest BCUT2D eigenvalue weighted by molar-refractivity contribution is 5.94. The van der Waals surface area contributed by atoms with Gasteiger partial charge in [-0.1, -0.05) is 32.9 Å². The smallest absolute Gasteiger partial charge is 0.245 e. The Kier molecular flexibility index (Phi) is 5.30. The van der Waals surface area contributed by atoms with Gasteiger partial charge in [0.1, 0.15) is 5.76 Å². The number of nitrogens with one attached hydrogen (secondary N) is 1. The van der Waals surface area contributed by atoms with E-state index in [1.54, 1.807) is 17.9 Å². The van der Waals surface area contributed by atoms with E-state index in [-0.39, 0.29) is 18.4 Å². The van der Waals surface area contributed by atoms with Crippen LogP contribution in [0.4, 0.5) is 5.82 Å². The largest absolute Gasteiger partial charge is 0.360 e. The number of carbonyl (C=O) groups is 2. The highest BCUT2D eigenvalue weighted by Gasteiger charge is 2.28. The molecule has 1 aromatic rings. The van der Waals surface area contributed by atoms with E-state index in [0.717, 1.165) is 6.42 Å². The minimum atomic E-state index is -0.500. The molecule has 0 aliphatic rings. The van der Waals surface area contributed by atoms with Crippen LogP contribution in [0.25, 0.3) is 0 Å². The lowest BCUT2D eigenvalue weighted by molar-refractivity contribution is -0.141. The van der Waals surface area contributed by atoms with E-state index in [4.69, 9.17) is 4.52 Å². The van der Waals surface area contributed by atoms with Gasteiger partial charge in [-0.05, 0) is 13.3 Å². The van der Waals surface area contributed by atoms with Crippen molar-refractivity contribution in [3.05, 3.63) is 11.8 Å². The van der Waals surface area contributed by atoms with Crippen LogP contribution in [0, 0.1) is 12.3 Å². The van der Waals surface area contributed by atoms with Gasteiger partial charge < -0.3 is 14.7 Å². The maximum Gasteiger partial charge on any atom is 0.245 e. The standard InChI is InChI=1S/C14H23N3O3/c1-6-7-17(13(19)14(3,4)5)9-12(18)15-11-8-10(2)20-16-11/h8H,6-7,9H2,1-5H3,(H,15,16,18). The van der Waals surface area contributed by atoms with E-state index in [9.17, 15) is 9.59 Å². The first-order chi connectivity index (χ1) is 9.24. The van der Waals surface area contributed by atoms with Gasteiger partial charge in [-0.15, -0.1) is 0 Å². The molecule has 2 amide bonds. The van der Waals surface area contributed by atoms with Gasteiger partial charge in [0.2, 0.25) is 11.8 Å². The van der Waals surface area contributed by atoms with Crippen LogP contribution < -0.4 is 5.32 Å². The monoisotopic (exact) mass is 281 g/mol. The topological polar surface area (TPSA) is 75.4 Å². The van der Waals surface area contributed by atoms with Crippen molar-refractivity contribution in [2.45, 2.75) is 41.0 Å². The highest BCUT2D eigenvalue weighted by Crippen LogP contribution is 2.17. The zero-order chi connectivity index (χ0) is 15.3. The number of hydrogen-bond acceptors (Lipinski definition) is 4. The lowest BCUT2D eigenvalue weighted by atomic mass is 9.94. The van der Waals surface area contributed by atoms with Crippen LogP contribution in [0.2, 0.25) is 0 Å². The van der Waals surface area contributed by atoms with Crippen LogP contribution in [0.3, 0.4) is 0 Å². The Balaban J connectivity index is 2.65. The second-order valence-corrected chi connectivity index (χ2v) is 5.85. The number of rotatable bonds is 5. The molecule has 0 saturated heterocycles. The molecule has 1 heterocycles. The third-order valence-electron chi connectivity index (χ3n) is 2.65. The van der Waals surface area contributed by atoms with Gasteiger partial charge in [0.25, 0.3) is 0 Å². The first-order valence-corrected chi connectivity index (χ1v) is 6.76. The molecule has 1 aromatic heterocycles. The number of amides is 2. The lowest BCUT2D eigenvalue weighted by Crippen LogP contribution is -2.44. The molecule has 6 heteroatoms. The van der Waals surface area contributed by atoms with Crippen LogP contribution in [0.5, 0.6) is 0 Å². The Morgan fingerprint density at radius 2 is 2.05 bits per heavy atom. The van der Waals surface area contributed by atoms with E-state index in [2.05, 4.69) is 10.5 Å². The predicted octanol–water partition coefficient (Wildman–Crippen LogP) is 2.21. The van der Waals surface area contributed by atoms with Gasteiger partial charge in [0.05, 0.1) is 6.54 Å². The van der Waals surface area contributed by atoms with Crippen LogP contribution in [0.1, 0.15) is 39.9 Å². The maximum atomic E-state index is 12.3. The molecule has 20 heavy (non-hydrogen) atoms. The third-order valence-corrected chi connectivity index (χ3v) is 2.65. The molecule has 0 aromatic carbocycles. The van der Waals surface area contributed by atoms with Gasteiger partial charge in [-0.3, -0.25) is 9.59 Å². The Morgan fingerprint density at radius 1 is 1.40 bits per heavy atom. The fourth-order valence-electron chi connectivity index (χ4n) is 1.78. The molecule has 0 fully saturated rings. The van der Waals surface area contributed by atoms with Gasteiger partial charge >= 0.3 is 0 Å². The molecule has 0 saturated carbocycles. The summed E-state index contributed by atoms with van der Waals surface area (Å²) in [6.45, 7) is 9.83. The maximum absolute atomic E-state index is 12.3. The van der Waals surface area contributed by atoms with Crippen molar-refractivity contribution < 1.29 is 14.1 Å². The van der Waals surface area contributed by atoms with Crippen molar-refractivity contribution in [2.75, 3.05) is 18.4 Å². The first-order valence-electron chi connectivity index (χ1n) is 6.76. The fraction of sp³-hybridized carbons (Fsp3) is 0.643. The van der Waals surface area contributed by atoms with Crippen LogP contribution in [-0.2, 0) is 9.59 Å². The summed E-state index contributed by atoms with van der Waals surface area (Å²) in [7, 11) is 0. The van der Waals surface area contributed by atoms with Crippen LogP contribution in [-0.4, -0.2) is 35.0 Å². The van der Waals surface area contributed by atoms with Crippen LogP contribution >= 0.6 is 0 Å². The van der Waals surface area contributed by atoms with Gasteiger partial charge in [0, 0.05) is 18.0 Å². The van der Waals surface area contributed by atoms with E-state index in [1.165, 1.54) is 0 Å². The quantitative estimate of drug-likeness (QED) is 0.897. The van der Waals surface area contributed by atoms with Gasteiger partial charge in [-0.25, -0.2) is 0 Å². The molecule has 0 spiro atoms. The number of hydrogen-bond donors (Lipinski definition) is 1. The molecule has 0 aliphatic heterocycles. The summed E-state index contributed by atoms with van der Waals surface area (Å²) in [5.74, 6) is 0.679. The SMILES string of the molecule is CCCN(CC(=O)Nc1cc(C)on1)C(=O)C(C)(C)C. The number of anilines is 1. The summed E-state index contributed by atoms with van der Waals surface area (Å²) in [5, 5.41) is 6.31. The van der Waals surface area contributed by atoms with Crippen molar-refractivity contribution in [1.29, 1.82) is 0 Å². The van der Waals surface area contributed by atoms with Crippen molar-refractivity contribution in [3.8, 4) is 0 Å². The molecule has 112 valence electrons. The number of aromatic nitrogens is 1. The Morgan fingerprint density at radius 3 is 2.50 bits per heavy atom. The lowest BCUT2D eigenvalue weighted by Gasteiger charge is -2.28. The highest BCUT2D eigenvalue weighted by atomic mass is 16.5. The normalized spacial score (nSPS) is 11.2. The molecule has 1 rings (SSSR count). The van der Waals surface area contributed by atoms with E-state index < -0.39 is 5.41 Å². The summed E-state index contributed by atoms with van der Waals surface area (Å²) in [5.41, 5.74) is -0.500. The molecular weight excluding hydrogens is 258 g/mol. The minimum Gasteiger partial charge on any atom is -0.360 e.